The zero-order valence-electron chi connectivity index (χ0n) is 19.3. The third-order valence-corrected chi connectivity index (χ3v) is 6.65. The molecule has 1 aromatic heterocycles. The molecule has 0 atom stereocenters. The van der Waals surface area contributed by atoms with Crippen molar-refractivity contribution in [3.8, 4) is 17.1 Å². The molecule has 1 aliphatic heterocycles. The summed E-state index contributed by atoms with van der Waals surface area (Å²) in [5.74, 6) is 1.43. The van der Waals surface area contributed by atoms with Crippen LogP contribution in [-0.4, -0.2) is 50.2 Å². The summed E-state index contributed by atoms with van der Waals surface area (Å²) in [5.41, 5.74) is 1.63. The summed E-state index contributed by atoms with van der Waals surface area (Å²) >= 11 is 0. The molecule has 6 rings (SSSR count). The zero-order valence-corrected chi connectivity index (χ0v) is 19.3. The smallest absolute Gasteiger partial charge is 0.271 e. The Kier molecular flexibility index (Phi) is 5.37. The zero-order chi connectivity index (χ0) is 24.8. The van der Waals surface area contributed by atoms with Crippen LogP contribution in [0.1, 0.15) is 40.5 Å². The maximum Gasteiger partial charge on any atom is 0.271 e. The Morgan fingerprint density at radius 3 is 2.58 bits per heavy atom. The van der Waals surface area contributed by atoms with Gasteiger partial charge in [-0.15, -0.1) is 0 Å². The van der Waals surface area contributed by atoms with E-state index in [2.05, 4.69) is 30.7 Å². The molecular formula is C26H24N6O4. The molecule has 1 amide bonds. The summed E-state index contributed by atoms with van der Waals surface area (Å²) in [6.45, 7) is 1.97. The van der Waals surface area contributed by atoms with E-state index < -0.39 is 16.6 Å². The van der Waals surface area contributed by atoms with E-state index in [1.54, 1.807) is 6.07 Å². The Morgan fingerprint density at radius 1 is 1.08 bits per heavy atom. The highest BCUT2D eigenvalue weighted by Crippen LogP contribution is 2.38. The Bertz CT molecular complexity index is 1510. The minimum Gasteiger partial charge on any atom is -0.502 e. The lowest BCUT2D eigenvalue weighted by atomic mass is 10.0. The maximum atomic E-state index is 12.8. The molecule has 2 aliphatic rings. The van der Waals surface area contributed by atoms with Crippen LogP contribution in [0.3, 0.4) is 0 Å². The van der Waals surface area contributed by atoms with Gasteiger partial charge in [0, 0.05) is 42.4 Å². The fourth-order valence-electron chi connectivity index (χ4n) is 4.43. The molecule has 4 N–H and O–H groups in total. The summed E-state index contributed by atoms with van der Waals surface area (Å²) in [4.78, 5) is 42.1. The van der Waals surface area contributed by atoms with Crippen molar-refractivity contribution in [1.29, 1.82) is 0 Å². The van der Waals surface area contributed by atoms with Crippen molar-refractivity contribution in [2.24, 2.45) is 0 Å². The number of likely N-dealkylation sites (tertiary alicyclic amines) is 1. The van der Waals surface area contributed by atoms with Crippen molar-refractivity contribution in [3.63, 3.8) is 0 Å². The van der Waals surface area contributed by atoms with E-state index in [-0.39, 0.29) is 17.6 Å². The van der Waals surface area contributed by atoms with Gasteiger partial charge in [-0.25, -0.2) is 4.98 Å². The van der Waals surface area contributed by atoms with E-state index in [1.165, 1.54) is 0 Å². The van der Waals surface area contributed by atoms with Crippen LogP contribution in [0.15, 0.2) is 58.1 Å². The molecular weight excluding hydrogens is 460 g/mol. The molecule has 0 spiro atoms. The SMILES string of the molecule is O=C(Nc1ccc(-c2n[nH]c(C3CC3)n2)cc1)c1cccc(CN2CC(Nc3c(O)c(=O)c3=O)C2)c1. The minimum absolute atomic E-state index is 0.00869. The molecule has 1 aliphatic carbocycles. The van der Waals surface area contributed by atoms with Crippen molar-refractivity contribution >= 4 is 17.3 Å². The van der Waals surface area contributed by atoms with Crippen molar-refractivity contribution < 1.29 is 9.90 Å². The summed E-state index contributed by atoms with van der Waals surface area (Å²) in [5, 5.41) is 22.6. The minimum atomic E-state index is -0.836. The van der Waals surface area contributed by atoms with E-state index >= 15 is 0 Å². The number of carbonyl (C=O) groups excluding carboxylic acids is 1. The number of carbonyl (C=O) groups is 1. The average molecular weight is 485 g/mol. The maximum absolute atomic E-state index is 12.8. The number of anilines is 2. The van der Waals surface area contributed by atoms with Crippen LogP contribution in [-0.2, 0) is 6.54 Å². The average Bonchev–Trinajstić information content (AvgIpc) is 3.61. The highest BCUT2D eigenvalue weighted by Gasteiger charge is 2.30. The van der Waals surface area contributed by atoms with Crippen LogP contribution < -0.4 is 21.5 Å². The molecule has 2 fully saturated rings. The molecule has 3 aromatic carbocycles. The van der Waals surface area contributed by atoms with Gasteiger partial charge in [-0.2, -0.15) is 5.10 Å². The third kappa shape index (κ3) is 4.27. The summed E-state index contributed by atoms with van der Waals surface area (Å²) < 4.78 is 0. The standard InChI is InChI=1S/C26H24N6O4/c33-21-20(22(34)23(21)35)27-19-12-32(13-19)11-14-2-1-3-17(10-14)26(36)28-18-8-6-16(7-9-18)25-29-24(30-31-25)15-4-5-15/h1-3,6-10,15,19,27,33H,4-5,11-13H2,(H,28,36)(H,29,30,31). The fourth-order valence-corrected chi connectivity index (χ4v) is 4.43. The van der Waals surface area contributed by atoms with Gasteiger partial charge in [0.15, 0.2) is 11.6 Å². The number of H-pyrrole nitrogens is 1. The number of hydrogen-bond acceptors (Lipinski definition) is 8. The van der Waals surface area contributed by atoms with E-state index in [0.29, 0.717) is 42.6 Å². The molecule has 182 valence electrons. The first-order valence-electron chi connectivity index (χ1n) is 11.9. The van der Waals surface area contributed by atoms with Crippen LogP contribution in [0.4, 0.5) is 11.4 Å². The lowest BCUT2D eigenvalue weighted by molar-refractivity contribution is 0.102. The van der Waals surface area contributed by atoms with Crippen molar-refractivity contribution in [2.45, 2.75) is 31.3 Å². The van der Waals surface area contributed by atoms with Gasteiger partial charge >= 0.3 is 0 Å². The lowest BCUT2D eigenvalue weighted by Gasteiger charge is -2.40. The van der Waals surface area contributed by atoms with Gasteiger partial charge in [-0.1, -0.05) is 12.1 Å². The van der Waals surface area contributed by atoms with Crippen molar-refractivity contribution in [2.75, 3.05) is 23.7 Å². The number of benzene rings is 2. The molecule has 10 nitrogen and oxygen atoms in total. The van der Waals surface area contributed by atoms with Crippen LogP contribution >= 0.6 is 0 Å². The predicted octanol–water partition coefficient (Wildman–Crippen LogP) is 2.20. The highest BCUT2D eigenvalue weighted by molar-refractivity contribution is 6.04. The van der Waals surface area contributed by atoms with Crippen molar-refractivity contribution in [1.82, 2.24) is 20.1 Å². The molecule has 36 heavy (non-hydrogen) atoms. The normalized spacial score (nSPS) is 16.1. The molecule has 10 heteroatoms. The number of hydrogen-bond donors (Lipinski definition) is 4. The number of aromatic nitrogens is 3. The van der Waals surface area contributed by atoms with Gasteiger partial charge in [0.25, 0.3) is 16.8 Å². The van der Waals surface area contributed by atoms with Gasteiger partial charge in [0.05, 0.1) is 6.04 Å². The Balaban J connectivity index is 1.03. The number of amides is 1. The Labute approximate surface area is 205 Å². The number of aromatic hydroxyl groups is 1. The number of nitrogens with one attached hydrogen (secondary N) is 3. The lowest BCUT2D eigenvalue weighted by Crippen LogP contribution is -2.55. The topological polar surface area (TPSA) is 140 Å². The van der Waals surface area contributed by atoms with Crippen LogP contribution in [0.2, 0.25) is 0 Å². The molecule has 0 radical (unpaired) electrons. The van der Waals surface area contributed by atoms with Crippen LogP contribution in [0.25, 0.3) is 11.4 Å². The first-order valence-corrected chi connectivity index (χ1v) is 11.9. The Morgan fingerprint density at radius 2 is 1.86 bits per heavy atom. The molecule has 1 saturated carbocycles. The van der Waals surface area contributed by atoms with Crippen molar-refractivity contribution in [3.05, 3.63) is 85.9 Å². The molecule has 0 unspecified atom stereocenters. The third-order valence-electron chi connectivity index (χ3n) is 6.65. The van der Waals surface area contributed by atoms with Gasteiger partial charge in [0.2, 0.25) is 0 Å². The van der Waals surface area contributed by atoms with E-state index in [9.17, 15) is 19.5 Å². The van der Waals surface area contributed by atoms with Gasteiger partial charge in [-0.3, -0.25) is 24.4 Å². The molecule has 2 heterocycles. The summed E-state index contributed by atoms with van der Waals surface area (Å²) in [7, 11) is 0. The van der Waals surface area contributed by atoms with Gasteiger partial charge < -0.3 is 15.7 Å². The van der Waals surface area contributed by atoms with E-state index in [0.717, 1.165) is 29.8 Å². The largest absolute Gasteiger partial charge is 0.502 e. The predicted molar refractivity (Wildman–Crippen MR) is 134 cm³/mol. The summed E-state index contributed by atoms with van der Waals surface area (Å²) in [6.07, 6.45) is 2.32. The molecule has 4 aromatic rings. The van der Waals surface area contributed by atoms with Crippen LogP contribution in [0.5, 0.6) is 5.75 Å². The fraction of sp³-hybridized carbons (Fsp3) is 0.269. The summed E-state index contributed by atoms with van der Waals surface area (Å²) in [6, 6.07) is 14.9. The first kappa shape index (κ1) is 22.2. The number of rotatable bonds is 8. The van der Waals surface area contributed by atoms with E-state index in [4.69, 9.17) is 0 Å². The highest BCUT2D eigenvalue weighted by atomic mass is 16.3. The molecule has 0 bridgehead atoms. The monoisotopic (exact) mass is 484 g/mol. The second-order valence-corrected chi connectivity index (χ2v) is 9.47. The molecule has 1 saturated heterocycles. The van der Waals surface area contributed by atoms with Gasteiger partial charge in [0.1, 0.15) is 11.5 Å². The van der Waals surface area contributed by atoms with Crippen LogP contribution in [0, 0.1) is 0 Å². The Hall–Kier alpha value is -4.31. The second-order valence-electron chi connectivity index (χ2n) is 9.47. The van der Waals surface area contributed by atoms with E-state index in [1.807, 2.05) is 42.5 Å². The number of aromatic amines is 1. The number of nitrogens with zero attached hydrogens (tertiary/aromatic N) is 3. The second kappa shape index (κ2) is 8.72. The first-order chi connectivity index (χ1) is 17.4. The van der Waals surface area contributed by atoms with Gasteiger partial charge in [-0.05, 0) is 54.8 Å². The quantitative estimate of drug-likeness (QED) is 0.279.